The van der Waals surface area contributed by atoms with E-state index < -0.39 is 0 Å². The van der Waals surface area contributed by atoms with Gasteiger partial charge in [0.2, 0.25) is 5.88 Å². The van der Waals surface area contributed by atoms with Gasteiger partial charge in [-0.05, 0) is 49.7 Å². The number of hydrogen-bond acceptors (Lipinski definition) is 3. The molecule has 0 amide bonds. The lowest BCUT2D eigenvalue weighted by Crippen LogP contribution is -2.06. The summed E-state index contributed by atoms with van der Waals surface area (Å²) in [5.74, 6) is 1.31. The highest BCUT2D eigenvalue weighted by molar-refractivity contribution is 9.10. The molecular weight excluding hydrogens is 340 g/mol. The lowest BCUT2D eigenvalue weighted by Gasteiger charge is -2.10. The van der Waals surface area contributed by atoms with Crippen LogP contribution in [0.2, 0.25) is 5.02 Å². The van der Waals surface area contributed by atoms with Gasteiger partial charge in [-0.15, -0.1) is 0 Å². The number of halogens is 2. The van der Waals surface area contributed by atoms with E-state index in [1.165, 1.54) is 0 Å². The molecule has 0 saturated heterocycles. The molecule has 3 nitrogen and oxygen atoms in total. The van der Waals surface area contributed by atoms with Crippen LogP contribution in [0.25, 0.3) is 0 Å². The van der Waals surface area contributed by atoms with Crippen molar-refractivity contribution in [3.8, 4) is 11.6 Å². The second-order valence-electron chi connectivity index (χ2n) is 4.62. The largest absolute Gasteiger partial charge is 0.439 e. The van der Waals surface area contributed by atoms with Crippen molar-refractivity contribution >= 4 is 27.5 Å². The molecular formula is C15H16BrClN2O. The molecule has 1 aromatic carbocycles. The minimum atomic E-state index is 0.542. The van der Waals surface area contributed by atoms with Crippen molar-refractivity contribution < 1.29 is 4.74 Å². The van der Waals surface area contributed by atoms with Crippen LogP contribution in [0.4, 0.5) is 0 Å². The third-order valence-corrected chi connectivity index (χ3v) is 4.50. The average Bonchev–Trinajstić information content (AvgIpc) is 2.40. The Morgan fingerprint density at radius 2 is 1.90 bits per heavy atom. The van der Waals surface area contributed by atoms with Gasteiger partial charge in [0, 0.05) is 23.3 Å². The summed E-state index contributed by atoms with van der Waals surface area (Å²) in [5.41, 5.74) is 3.22. The van der Waals surface area contributed by atoms with E-state index in [0.717, 1.165) is 26.9 Å². The molecule has 5 heteroatoms. The van der Waals surface area contributed by atoms with E-state index >= 15 is 0 Å². The summed E-state index contributed by atoms with van der Waals surface area (Å²) < 4.78 is 6.92. The summed E-state index contributed by atoms with van der Waals surface area (Å²) in [6.45, 7) is 4.74. The minimum Gasteiger partial charge on any atom is -0.439 e. The van der Waals surface area contributed by atoms with E-state index in [2.05, 4.69) is 26.2 Å². The number of pyridine rings is 1. The standard InChI is InChI=1S/C15H16BrClN2O/c1-9-4-12(5-10(2)15(9)16)20-14-6-11(7-18-3)13(17)8-19-14/h4-6,8,18H,7H2,1-3H3. The summed E-state index contributed by atoms with van der Waals surface area (Å²) in [6, 6.07) is 5.81. The summed E-state index contributed by atoms with van der Waals surface area (Å²) >= 11 is 9.63. The van der Waals surface area contributed by atoms with E-state index in [0.29, 0.717) is 17.4 Å². The molecule has 0 unspecified atom stereocenters. The van der Waals surface area contributed by atoms with Crippen LogP contribution < -0.4 is 10.1 Å². The third-order valence-electron chi connectivity index (χ3n) is 2.91. The van der Waals surface area contributed by atoms with Crippen LogP contribution in [-0.4, -0.2) is 12.0 Å². The predicted molar refractivity (Wildman–Crippen MR) is 85.7 cm³/mol. The van der Waals surface area contributed by atoms with Gasteiger partial charge in [-0.25, -0.2) is 4.98 Å². The van der Waals surface area contributed by atoms with Crippen LogP contribution in [0, 0.1) is 13.8 Å². The number of hydrogen-bond donors (Lipinski definition) is 1. The van der Waals surface area contributed by atoms with Crippen molar-refractivity contribution in [2.75, 3.05) is 7.05 Å². The van der Waals surface area contributed by atoms with Gasteiger partial charge in [0.15, 0.2) is 0 Å². The molecule has 2 rings (SSSR count). The van der Waals surface area contributed by atoms with Crippen molar-refractivity contribution in [1.29, 1.82) is 0 Å². The lowest BCUT2D eigenvalue weighted by atomic mass is 10.1. The van der Waals surface area contributed by atoms with Gasteiger partial charge in [-0.3, -0.25) is 0 Å². The highest BCUT2D eigenvalue weighted by Gasteiger charge is 2.07. The molecule has 0 aliphatic rings. The maximum absolute atomic E-state index is 6.08. The van der Waals surface area contributed by atoms with Gasteiger partial charge in [-0.1, -0.05) is 27.5 Å². The molecule has 0 saturated carbocycles. The Morgan fingerprint density at radius 1 is 1.25 bits per heavy atom. The fourth-order valence-corrected chi connectivity index (χ4v) is 2.33. The molecule has 106 valence electrons. The van der Waals surface area contributed by atoms with Gasteiger partial charge in [-0.2, -0.15) is 0 Å². The Morgan fingerprint density at radius 3 is 2.50 bits per heavy atom. The summed E-state index contributed by atoms with van der Waals surface area (Å²) in [7, 11) is 1.87. The fourth-order valence-electron chi connectivity index (χ4n) is 1.93. The highest BCUT2D eigenvalue weighted by atomic mass is 79.9. The van der Waals surface area contributed by atoms with E-state index in [1.54, 1.807) is 6.20 Å². The van der Waals surface area contributed by atoms with Crippen LogP contribution in [-0.2, 0) is 6.54 Å². The Balaban J connectivity index is 2.28. The van der Waals surface area contributed by atoms with Crippen molar-refractivity contribution in [3.05, 3.63) is 50.6 Å². The van der Waals surface area contributed by atoms with Crippen molar-refractivity contribution in [2.24, 2.45) is 0 Å². The van der Waals surface area contributed by atoms with Gasteiger partial charge < -0.3 is 10.1 Å². The Hall–Kier alpha value is -1.10. The van der Waals surface area contributed by atoms with Gasteiger partial charge >= 0.3 is 0 Å². The summed E-state index contributed by atoms with van der Waals surface area (Å²) in [5, 5.41) is 3.70. The molecule has 1 aromatic heterocycles. The average molecular weight is 356 g/mol. The minimum absolute atomic E-state index is 0.542. The molecule has 20 heavy (non-hydrogen) atoms. The lowest BCUT2D eigenvalue weighted by molar-refractivity contribution is 0.461. The molecule has 1 N–H and O–H groups in total. The third kappa shape index (κ3) is 3.51. The number of nitrogens with zero attached hydrogens (tertiary/aromatic N) is 1. The zero-order valence-electron chi connectivity index (χ0n) is 11.6. The summed E-state index contributed by atoms with van der Waals surface area (Å²) in [6.07, 6.45) is 1.61. The number of aromatic nitrogens is 1. The quantitative estimate of drug-likeness (QED) is 0.868. The van der Waals surface area contributed by atoms with E-state index in [-0.39, 0.29) is 0 Å². The van der Waals surface area contributed by atoms with Gasteiger partial charge in [0.1, 0.15) is 5.75 Å². The van der Waals surface area contributed by atoms with Crippen molar-refractivity contribution in [3.63, 3.8) is 0 Å². The van der Waals surface area contributed by atoms with Crippen LogP contribution in [0.15, 0.2) is 28.9 Å². The fraction of sp³-hybridized carbons (Fsp3) is 0.267. The molecule has 0 atom stereocenters. The molecule has 0 radical (unpaired) electrons. The predicted octanol–water partition coefficient (Wildman–Crippen LogP) is 4.63. The van der Waals surface area contributed by atoms with E-state index in [9.17, 15) is 0 Å². The molecule has 2 aromatic rings. The number of aryl methyl sites for hydroxylation is 2. The molecule has 0 aliphatic carbocycles. The van der Waals surface area contributed by atoms with Crippen molar-refractivity contribution in [1.82, 2.24) is 10.3 Å². The number of nitrogens with one attached hydrogen (secondary N) is 1. The Bertz CT molecular complexity index is 608. The number of rotatable bonds is 4. The van der Waals surface area contributed by atoms with E-state index in [4.69, 9.17) is 16.3 Å². The topological polar surface area (TPSA) is 34.1 Å². The highest BCUT2D eigenvalue weighted by Crippen LogP contribution is 2.29. The SMILES string of the molecule is CNCc1cc(Oc2cc(C)c(Br)c(C)c2)ncc1Cl. The molecule has 0 fully saturated rings. The van der Waals surface area contributed by atoms with Crippen LogP contribution in [0.3, 0.4) is 0 Å². The Kier molecular flexibility index (Phi) is 5.02. The second kappa shape index (κ2) is 6.57. The number of benzene rings is 1. The van der Waals surface area contributed by atoms with Crippen LogP contribution >= 0.6 is 27.5 Å². The second-order valence-corrected chi connectivity index (χ2v) is 5.82. The first-order valence-electron chi connectivity index (χ1n) is 6.25. The van der Waals surface area contributed by atoms with Crippen LogP contribution in [0.5, 0.6) is 11.6 Å². The zero-order chi connectivity index (χ0) is 14.7. The maximum Gasteiger partial charge on any atom is 0.219 e. The maximum atomic E-state index is 6.08. The molecule has 0 spiro atoms. The van der Waals surface area contributed by atoms with Crippen molar-refractivity contribution in [2.45, 2.75) is 20.4 Å². The zero-order valence-corrected chi connectivity index (χ0v) is 14.0. The first kappa shape index (κ1) is 15.3. The van der Waals surface area contributed by atoms with Crippen LogP contribution in [0.1, 0.15) is 16.7 Å². The molecule has 0 bridgehead atoms. The normalized spacial score (nSPS) is 10.7. The summed E-state index contributed by atoms with van der Waals surface area (Å²) in [4.78, 5) is 4.20. The molecule has 0 aliphatic heterocycles. The van der Waals surface area contributed by atoms with Gasteiger partial charge in [0.25, 0.3) is 0 Å². The van der Waals surface area contributed by atoms with E-state index in [1.807, 2.05) is 39.1 Å². The first-order chi connectivity index (χ1) is 9.51. The molecule has 1 heterocycles. The Labute approximate surface area is 132 Å². The smallest absolute Gasteiger partial charge is 0.219 e. The first-order valence-corrected chi connectivity index (χ1v) is 7.42. The monoisotopic (exact) mass is 354 g/mol. The van der Waals surface area contributed by atoms with Gasteiger partial charge in [0.05, 0.1) is 5.02 Å². The number of ether oxygens (including phenoxy) is 1.